The first-order chi connectivity index (χ1) is 13.5. The zero-order chi connectivity index (χ0) is 19.9. The van der Waals surface area contributed by atoms with E-state index in [1.165, 1.54) is 0 Å². The van der Waals surface area contributed by atoms with Crippen molar-refractivity contribution in [2.24, 2.45) is 11.7 Å². The third-order valence-corrected chi connectivity index (χ3v) is 5.79. The summed E-state index contributed by atoms with van der Waals surface area (Å²) >= 11 is 0. The fraction of sp³-hybridized carbons (Fsp3) is 0.571. The van der Waals surface area contributed by atoms with Crippen molar-refractivity contribution in [1.82, 2.24) is 15.5 Å². The Labute approximate surface area is 166 Å². The summed E-state index contributed by atoms with van der Waals surface area (Å²) in [6.45, 7) is 1.61. The van der Waals surface area contributed by atoms with Crippen LogP contribution in [0.1, 0.15) is 48.9 Å². The molecule has 3 amide bonds. The van der Waals surface area contributed by atoms with Crippen molar-refractivity contribution in [2.45, 2.75) is 50.6 Å². The lowest BCUT2D eigenvalue weighted by Crippen LogP contribution is -2.49. The molecule has 0 aromatic heterocycles. The summed E-state index contributed by atoms with van der Waals surface area (Å²) in [6, 6.07) is 8.47. The minimum atomic E-state index is -0.431. The standard InChI is InChI=1S/C21H30N4O3/c22-19(21(28)25-12-4-5-13-25)15-8-10-17(11-9-15)24-18(26)14-23-20(27)16-6-2-1-3-7-16/h1-3,6-7,15,17,19H,4-5,8-14,22H2,(H,23,27)(H,24,26)/t15-,17+,19-/m0/s1. The highest BCUT2D eigenvalue weighted by Gasteiger charge is 2.33. The fourth-order valence-corrected chi connectivity index (χ4v) is 4.10. The van der Waals surface area contributed by atoms with Gasteiger partial charge in [-0.2, -0.15) is 0 Å². The van der Waals surface area contributed by atoms with Gasteiger partial charge in [0.2, 0.25) is 11.8 Å². The molecule has 1 saturated carbocycles. The van der Waals surface area contributed by atoms with Crippen LogP contribution in [0.3, 0.4) is 0 Å². The predicted molar refractivity (Wildman–Crippen MR) is 106 cm³/mol. The van der Waals surface area contributed by atoms with Crippen molar-refractivity contribution in [1.29, 1.82) is 0 Å². The van der Waals surface area contributed by atoms with E-state index in [1.54, 1.807) is 24.3 Å². The smallest absolute Gasteiger partial charge is 0.251 e. The van der Waals surface area contributed by atoms with Crippen LogP contribution in [0.5, 0.6) is 0 Å². The number of nitrogens with two attached hydrogens (primary N) is 1. The van der Waals surface area contributed by atoms with Gasteiger partial charge in [-0.1, -0.05) is 18.2 Å². The predicted octanol–water partition coefficient (Wildman–Crippen LogP) is 1.04. The number of likely N-dealkylation sites (tertiary alicyclic amines) is 1. The van der Waals surface area contributed by atoms with E-state index in [2.05, 4.69) is 10.6 Å². The van der Waals surface area contributed by atoms with Crippen LogP contribution in [0.25, 0.3) is 0 Å². The minimum absolute atomic E-state index is 0.0411. The molecule has 2 aliphatic rings. The monoisotopic (exact) mass is 386 g/mol. The van der Waals surface area contributed by atoms with E-state index in [0.717, 1.165) is 51.6 Å². The summed E-state index contributed by atoms with van der Waals surface area (Å²) in [5.74, 6) is -0.191. The Morgan fingerprint density at radius 1 is 1.04 bits per heavy atom. The van der Waals surface area contributed by atoms with Gasteiger partial charge in [-0.15, -0.1) is 0 Å². The van der Waals surface area contributed by atoms with Gasteiger partial charge in [0.1, 0.15) is 0 Å². The molecule has 152 valence electrons. The maximum absolute atomic E-state index is 12.5. The number of carbonyl (C=O) groups is 3. The summed E-state index contributed by atoms with van der Waals surface area (Å²) in [5.41, 5.74) is 6.76. The van der Waals surface area contributed by atoms with Gasteiger partial charge in [-0.05, 0) is 56.6 Å². The lowest BCUT2D eigenvalue weighted by molar-refractivity contribution is -0.133. The highest BCUT2D eigenvalue weighted by atomic mass is 16.2. The number of benzene rings is 1. The Kier molecular flexibility index (Phi) is 7.03. The third-order valence-electron chi connectivity index (χ3n) is 5.79. The Morgan fingerprint density at radius 2 is 1.68 bits per heavy atom. The molecule has 1 atom stereocenters. The topological polar surface area (TPSA) is 105 Å². The van der Waals surface area contributed by atoms with E-state index in [0.29, 0.717) is 5.56 Å². The van der Waals surface area contributed by atoms with Crippen molar-refractivity contribution in [3.63, 3.8) is 0 Å². The molecular weight excluding hydrogens is 356 g/mol. The van der Waals surface area contributed by atoms with E-state index in [-0.39, 0.29) is 36.2 Å². The van der Waals surface area contributed by atoms with Gasteiger partial charge < -0.3 is 21.3 Å². The van der Waals surface area contributed by atoms with Crippen LogP contribution in [-0.4, -0.2) is 54.3 Å². The average molecular weight is 386 g/mol. The zero-order valence-electron chi connectivity index (χ0n) is 16.2. The molecule has 1 aliphatic carbocycles. The quantitative estimate of drug-likeness (QED) is 0.679. The van der Waals surface area contributed by atoms with Gasteiger partial charge in [0.15, 0.2) is 0 Å². The highest BCUT2D eigenvalue weighted by Crippen LogP contribution is 2.27. The molecule has 1 heterocycles. The normalized spacial score (nSPS) is 23.1. The number of nitrogens with zero attached hydrogens (tertiary/aromatic N) is 1. The molecule has 4 N–H and O–H groups in total. The van der Waals surface area contributed by atoms with Gasteiger partial charge in [-0.25, -0.2) is 0 Å². The summed E-state index contributed by atoms with van der Waals surface area (Å²) in [6.07, 6.45) is 5.42. The van der Waals surface area contributed by atoms with Gasteiger partial charge in [0, 0.05) is 24.7 Å². The molecule has 28 heavy (non-hydrogen) atoms. The SMILES string of the molecule is N[C@H](C(=O)N1CCCC1)[C@H]1CC[C@@H](NC(=O)CNC(=O)c2ccccc2)CC1. The Hall–Kier alpha value is -2.41. The number of hydrogen-bond donors (Lipinski definition) is 3. The maximum Gasteiger partial charge on any atom is 0.251 e. The minimum Gasteiger partial charge on any atom is -0.352 e. The van der Waals surface area contributed by atoms with Crippen molar-refractivity contribution in [2.75, 3.05) is 19.6 Å². The van der Waals surface area contributed by atoms with Crippen molar-refractivity contribution < 1.29 is 14.4 Å². The molecule has 1 aromatic carbocycles. The fourth-order valence-electron chi connectivity index (χ4n) is 4.10. The van der Waals surface area contributed by atoms with Crippen LogP contribution < -0.4 is 16.4 Å². The number of rotatable bonds is 6. The van der Waals surface area contributed by atoms with E-state index < -0.39 is 6.04 Å². The van der Waals surface area contributed by atoms with Crippen LogP contribution >= 0.6 is 0 Å². The molecule has 0 spiro atoms. The molecule has 0 bridgehead atoms. The van der Waals surface area contributed by atoms with E-state index in [4.69, 9.17) is 5.73 Å². The second-order valence-corrected chi connectivity index (χ2v) is 7.79. The van der Waals surface area contributed by atoms with E-state index in [9.17, 15) is 14.4 Å². The molecule has 1 saturated heterocycles. The molecule has 7 heteroatoms. The number of amides is 3. The molecule has 3 rings (SSSR count). The first-order valence-corrected chi connectivity index (χ1v) is 10.2. The number of hydrogen-bond acceptors (Lipinski definition) is 4. The summed E-state index contributed by atoms with van der Waals surface area (Å²) in [7, 11) is 0. The number of nitrogens with one attached hydrogen (secondary N) is 2. The second-order valence-electron chi connectivity index (χ2n) is 7.79. The first-order valence-electron chi connectivity index (χ1n) is 10.2. The van der Waals surface area contributed by atoms with Gasteiger partial charge in [0.05, 0.1) is 12.6 Å². The van der Waals surface area contributed by atoms with Crippen LogP contribution in [0, 0.1) is 5.92 Å². The molecular formula is C21H30N4O3. The van der Waals surface area contributed by atoms with Crippen LogP contribution in [0.4, 0.5) is 0 Å². The Balaban J connectivity index is 1.37. The zero-order valence-corrected chi connectivity index (χ0v) is 16.2. The van der Waals surface area contributed by atoms with Gasteiger partial charge >= 0.3 is 0 Å². The van der Waals surface area contributed by atoms with Crippen molar-refractivity contribution in [3.8, 4) is 0 Å². The Morgan fingerprint density at radius 3 is 2.32 bits per heavy atom. The maximum atomic E-state index is 12.5. The Bertz CT molecular complexity index is 680. The summed E-state index contributed by atoms with van der Waals surface area (Å²) in [4.78, 5) is 38.5. The van der Waals surface area contributed by atoms with Crippen LogP contribution in [0.2, 0.25) is 0 Å². The van der Waals surface area contributed by atoms with E-state index in [1.807, 2.05) is 11.0 Å². The van der Waals surface area contributed by atoms with E-state index >= 15 is 0 Å². The molecule has 1 aliphatic heterocycles. The third kappa shape index (κ3) is 5.32. The lowest BCUT2D eigenvalue weighted by Gasteiger charge is -2.33. The molecule has 2 fully saturated rings. The molecule has 1 aromatic rings. The van der Waals surface area contributed by atoms with Gasteiger partial charge in [-0.3, -0.25) is 14.4 Å². The second kappa shape index (κ2) is 9.68. The first kappa shape index (κ1) is 20.3. The van der Waals surface area contributed by atoms with Crippen molar-refractivity contribution in [3.05, 3.63) is 35.9 Å². The van der Waals surface area contributed by atoms with Crippen LogP contribution in [-0.2, 0) is 9.59 Å². The van der Waals surface area contributed by atoms with Gasteiger partial charge in [0.25, 0.3) is 5.91 Å². The number of carbonyl (C=O) groups excluding carboxylic acids is 3. The molecule has 0 unspecified atom stereocenters. The summed E-state index contributed by atoms with van der Waals surface area (Å²) in [5, 5.41) is 5.62. The molecule has 7 nitrogen and oxygen atoms in total. The highest BCUT2D eigenvalue weighted by molar-refractivity contribution is 5.96. The lowest BCUT2D eigenvalue weighted by atomic mass is 9.81. The molecule has 0 radical (unpaired) electrons. The average Bonchev–Trinajstić information content (AvgIpc) is 3.27. The van der Waals surface area contributed by atoms with Crippen molar-refractivity contribution >= 4 is 17.7 Å². The van der Waals surface area contributed by atoms with Crippen LogP contribution in [0.15, 0.2) is 30.3 Å². The summed E-state index contributed by atoms with van der Waals surface area (Å²) < 4.78 is 0. The largest absolute Gasteiger partial charge is 0.352 e.